The third-order valence-electron chi connectivity index (χ3n) is 3.69. The second-order valence-electron chi connectivity index (χ2n) is 4.80. The molecule has 0 radical (unpaired) electrons. The van der Waals surface area contributed by atoms with Gasteiger partial charge in [-0.2, -0.15) is 11.8 Å². The summed E-state index contributed by atoms with van der Waals surface area (Å²) in [7, 11) is 0. The van der Waals surface area contributed by atoms with Gasteiger partial charge in [-0.1, -0.05) is 25.0 Å². The summed E-state index contributed by atoms with van der Waals surface area (Å²) in [5.74, 6) is 0. The Bertz CT molecular complexity index is 215. The van der Waals surface area contributed by atoms with Crippen LogP contribution in [0.3, 0.4) is 0 Å². The molecule has 0 saturated heterocycles. The van der Waals surface area contributed by atoms with E-state index in [1.54, 1.807) is 0 Å². The van der Waals surface area contributed by atoms with Crippen LogP contribution in [0.4, 0.5) is 0 Å². The zero-order valence-electron chi connectivity index (χ0n) is 9.74. The van der Waals surface area contributed by atoms with E-state index in [0.717, 1.165) is 11.3 Å². The monoisotopic (exact) mass is 225 g/mol. The highest BCUT2D eigenvalue weighted by molar-refractivity contribution is 7.99. The highest BCUT2D eigenvalue weighted by Gasteiger charge is 2.25. The van der Waals surface area contributed by atoms with Crippen molar-refractivity contribution in [3.05, 3.63) is 12.2 Å². The van der Waals surface area contributed by atoms with E-state index >= 15 is 0 Å². The molecule has 3 unspecified atom stereocenters. The van der Waals surface area contributed by atoms with Gasteiger partial charge in [0.2, 0.25) is 0 Å². The highest BCUT2D eigenvalue weighted by Crippen LogP contribution is 2.28. The van der Waals surface area contributed by atoms with Gasteiger partial charge in [-0.25, -0.2) is 0 Å². The molecule has 3 atom stereocenters. The number of allylic oxidation sites excluding steroid dienone is 1. The first-order valence-corrected chi connectivity index (χ1v) is 7.64. The van der Waals surface area contributed by atoms with E-state index in [4.69, 9.17) is 0 Å². The van der Waals surface area contributed by atoms with Crippen molar-refractivity contribution in [3.8, 4) is 0 Å². The van der Waals surface area contributed by atoms with Crippen molar-refractivity contribution in [2.24, 2.45) is 0 Å². The van der Waals surface area contributed by atoms with Gasteiger partial charge in [-0.05, 0) is 38.4 Å². The number of rotatable bonds is 3. The van der Waals surface area contributed by atoms with Crippen LogP contribution in [0, 0.1) is 0 Å². The lowest BCUT2D eigenvalue weighted by Crippen LogP contribution is -2.45. The first-order chi connectivity index (χ1) is 7.40. The van der Waals surface area contributed by atoms with E-state index in [9.17, 15) is 0 Å². The van der Waals surface area contributed by atoms with E-state index in [1.165, 1.54) is 44.9 Å². The van der Waals surface area contributed by atoms with Crippen molar-refractivity contribution >= 4 is 11.8 Å². The molecule has 0 amide bonds. The Morgan fingerprint density at radius 2 is 2.00 bits per heavy atom. The predicted octanol–water partition coefficient (Wildman–Crippen LogP) is 3.36. The van der Waals surface area contributed by atoms with E-state index in [-0.39, 0.29) is 0 Å². The standard InChI is InChI=1S/C13H23NS/c1-15-13-10-6-5-9-12(13)14-11-7-3-2-4-8-11/h3,7,11-14H,2,4-6,8-10H2,1H3. The molecule has 1 nitrogen and oxygen atoms in total. The van der Waals surface area contributed by atoms with Gasteiger partial charge in [0.15, 0.2) is 0 Å². The molecule has 86 valence electrons. The molecule has 2 aliphatic carbocycles. The fourth-order valence-electron chi connectivity index (χ4n) is 2.80. The molecular formula is C13H23NS. The molecule has 0 heterocycles. The van der Waals surface area contributed by atoms with Crippen molar-refractivity contribution in [3.63, 3.8) is 0 Å². The summed E-state index contributed by atoms with van der Waals surface area (Å²) >= 11 is 2.06. The fourth-order valence-corrected chi connectivity index (χ4v) is 3.74. The van der Waals surface area contributed by atoms with Crippen LogP contribution < -0.4 is 5.32 Å². The van der Waals surface area contributed by atoms with Crippen molar-refractivity contribution in [2.75, 3.05) is 6.26 Å². The lowest BCUT2D eigenvalue weighted by molar-refractivity contribution is 0.353. The first kappa shape index (κ1) is 11.5. The van der Waals surface area contributed by atoms with E-state index < -0.39 is 0 Å². The summed E-state index contributed by atoms with van der Waals surface area (Å²) in [6.07, 6.45) is 16.6. The van der Waals surface area contributed by atoms with E-state index in [0.29, 0.717) is 6.04 Å². The molecule has 1 N–H and O–H groups in total. The first-order valence-electron chi connectivity index (χ1n) is 6.35. The molecule has 0 bridgehead atoms. The van der Waals surface area contributed by atoms with Crippen LogP contribution in [-0.4, -0.2) is 23.6 Å². The second-order valence-corrected chi connectivity index (χ2v) is 5.87. The lowest BCUT2D eigenvalue weighted by atomic mass is 9.93. The van der Waals surface area contributed by atoms with Crippen molar-refractivity contribution in [2.45, 2.75) is 62.3 Å². The molecule has 0 aromatic carbocycles. The topological polar surface area (TPSA) is 12.0 Å². The number of hydrogen-bond donors (Lipinski definition) is 1. The Labute approximate surface area is 98.1 Å². The lowest BCUT2D eigenvalue weighted by Gasteiger charge is -2.34. The fraction of sp³-hybridized carbons (Fsp3) is 0.846. The van der Waals surface area contributed by atoms with Gasteiger partial charge in [-0.3, -0.25) is 0 Å². The summed E-state index contributed by atoms with van der Waals surface area (Å²) < 4.78 is 0. The molecule has 15 heavy (non-hydrogen) atoms. The molecule has 0 aromatic rings. The minimum atomic E-state index is 0.663. The Balaban J connectivity index is 1.85. The molecule has 2 rings (SSSR count). The summed E-state index contributed by atoms with van der Waals surface area (Å²) in [5.41, 5.74) is 0. The van der Waals surface area contributed by atoms with Crippen LogP contribution in [0.2, 0.25) is 0 Å². The normalized spacial score (nSPS) is 36.7. The Hall–Kier alpha value is 0.0500. The summed E-state index contributed by atoms with van der Waals surface area (Å²) in [4.78, 5) is 0. The zero-order valence-corrected chi connectivity index (χ0v) is 10.6. The van der Waals surface area contributed by atoms with Gasteiger partial charge < -0.3 is 5.32 Å². The van der Waals surface area contributed by atoms with Crippen LogP contribution in [0.1, 0.15) is 44.9 Å². The summed E-state index contributed by atoms with van der Waals surface area (Å²) in [6, 6.07) is 1.43. The van der Waals surface area contributed by atoms with E-state index in [1.807, 2.05) is 0 Å². The third-order valence-corrected chi connectivity index (χ3v) is 4.86. The quantitative estimate of drug-likeness (QED) is 0.739. The maximum absolute atomic E-state index is 3.85. The maximum Gasteiger partial charge on any atom is 0.0253 e. The van der Waals surface area contributed by atoms with Gasteiger partial charge in [0.1, 0.15) is 0 Å². The number of nitrogens with one attached hydrogen (secondary N) is 1. The average Bonchev–Trinajstić information content (AvgIpc) is 2.31. The largest absolute Gasteiger partial charge is 0.307 e. The summed E-state index contributed by atoms with van der Waals surface area (Å²) in [6.45, 7) is 0. The minimum absolute atomic E-state index is 0.663. The molecule has 1 saturated carbocycles. The Kier molecular flexibility index (Phi) is 4.58. The number of hydrogen-bond acceptors (Lipinski definition) is 2. The van der Waals surface area contributed by atoms with Gasteiger partial charge >= 0.3 is 0 Å². The van der Waals surface area contributed by atoms with Crippen molar-refractivity contribution in [1.82, 2.24) is 5.32 Å². The third kappa shape index (κ3) is 3.25. The summed E-state index contributed by atoms with van der Waals surface area (Å²) in [5, 5.41) is 4.71. The zero-order chi connectivity index (χ0) is 10.5. The minimum Gasteiger partial charge on any atom is -0.307 e. The average molecular weight is 225 g/mol. The predicted molar refractivity (Wildman–Crippen MR) is 69.5 cm³/mol. The molecule has 0 spiro atoms. The Morgan fingerprint density at radius 3 is 2.73 bits per heavy atom. The van der Waals surface area contributed by atoms with Gasteiger partial charge in [-0.15, -0.1) is 0 Å². The Morgan fingerprint density at radius 1 is 1.13 bits per heavy atom. The van der Waals surface area contributed by atoms with Crippen LogP contribution in [0.25, 0.3) is 0 Å². The molecule has 2 heteroatoms. The van der Waals surface area contributed by atoms with Gasteiger partial charge in [0, 0.05) is 17.3 Å². The molecule has 1 fully saturated rings. The molecule has 2 aliphatic rings. The van der Waals surface area contributed by atoms with E-state index in [2.05, 4.69) is 35.5 Å². The van der Waals surface area contributed by atoms with Crippen LogP contribution >= 0.6 is 11.8 Å². The number of thioether (sulfide) groups is 1. The molecular weight excluding hydrogens is 202 g/mol. The maximum atomic E-state index is 3.85. The van der Waals surface area contributed by atoms with Gasteiger partial charge in [0.05, 0.1) is 0 Å². The van der Waals surface area contributed by atoms with Crippen LogP contribution in [0.5, 0.6) is 0 Å². The van der Waals surface area contributed by atoms with Gasteiger partial charge in [0.25, 0.3) is 0 Å². The molecule has 0 aliphatic heterocycles. The second kappa shape index (κ2) is 5.95. The molecule has 0 aromatic heterocycles. The van der Waals surface area contributed by atoms with Crippen LogP contribution in [-0.2, 0) is 0 Å². The van der Waals surface area contributed by atoms with Crippen molar-refractivity contribution in [1.29, 1.82) is 0 Å². The highest BCUT2D eigenvalue weighted by atomic mass is 32.2. The van der Waals surface area contributed by atoms with Crippen LogP contribution in [0.15, 0.2) is 12.2 Å². The van der Waals surface area contributed by atoms with Crippen molar-refractivity contribution < 1.29 is 0 Å². The smallest absolute Gasteiger partial charge is 0.0253 e. The SMILES string of the molecule is CSC1CCCCC1NC1C=CCCC1.